The van der Waals surface area contributed by atoms with Crippen molar-refractivity contribution in [2.24, 2.45) is 5.41 Å². The Balaban J connectivity index is 1.39. The number of rotatable bonds is 3. The molecule has 1 heterocycles. The van der Waals surface area contributed by atoms with Crippen molar-refractivity contribution in [3.8, 4) is 0 Å². The second-order valence-corrected chi connectivity index (χ2v) is 10.6. The minimum absolute atomic E-state index is 0.0868. The fourth-order valence-corrected chi connectivity index (χ4v) is 6.42. The van der Waals surface area contributed by atoms with E-state index in [4.69, 9.17) is 9.97 Å². The molecule has 9 heteroatoms. The monoisotopic (exact) mass is 495 g/mol. The average Bonchev–Trinajstić information content (AvgIpc) is 3.19. The van der Waals surface area contributed by atoms with Gasteiger partial charge in [-0.2, -0.15) is 0 Å². The van der Waals surface area contributed by atoms with Gasteiger partial charge in [-0.1, -0.05) is 57.2 Å². The fraction of sp³-hybridized carbons (Fsp3) is 0.286. The van der Waals surface area contributed by atoms with E-state index in [1.54, 1.807) is 18.2 Å². The molecule has 2 atom stereocenters. The smallest absolute Gasteiger partial charge is 0.271 e. The Labute approximate surface area is 212 Å². The SMILES string of the molecule is CC12CCC(C(=O)NNC(=O)c3cccc4ccccc34)(c3nc4cc([N+](=O)[O-])ccc4nc31)C2(C)C. The fourth-order valence-electron chi connectivity index (χ4n) is 6.42. The molecule has 1 aromatic heterocycles. The first-order valence-corrected chi connectivity index (χ1v) is 12.2. The number of non-ortho nitro benzene ring substituents is 1. The maximum absolute atomic E-state index is 14.0. The molecule has 37 heavy (non-hydrogen) atoms. The average molecular weight is 496 g/mol. The first kappa shape index (κ1) is 23.0. The van der Waals surface area contributed by atoms with Crippen molar-refractivity contribution < 1.29 is 14.5 Å². The summed E-state index contributed by atoms with van der Waals surface area (Å²) < 4.78 is 0. The van der Waals surface area contributed by atoms with E-state index in [2.05, 4.69) is 17.8 Å². The molecule has 2 aliphatic rings. The molecule has 9 nitrogen and oxygen atoms in total. The Kier molecular flexibility index (Phi) is 4.70. The van der Waals surface area contributed by atoms with Crippen molar-refractivity contribution in [1.82, 2.24) is 20.8 Å². The highest BCUT2D eigenvalue weighted by Crippen LogP contribution is 2.70. The molecule has 4 aromatic rings. The van der Waals surface area contributed by atoms with Gasteiger partial charge in [0.05, 0.1) is 27.3 Å². The van der Waals surface area contributed by atoms with Crippen LogP contribution >= 0.6 is 0 Å². The van der Waals surface area contributed by atoms with Gasteiger partial charge in [0.15, 0.2) is 0 Å². The molecule has 2 unspecified atom stereocenters. The van der Waals surface area contributed by atoms with Crippen molar-refractivity contribution in [2.45, 2.75) is 44.4 Å². The number of nitrogens with zero attached hydrogens (tertiary/aromatic N) is 3. The quantitative estimate of drug-likeness (QED) is 0.319. The number of nitro groups is 1. The number of amides is 2. The maximum Gasteiger partial charge on any atom is 0.271 e. The summed E-state index contributed by atoms with van der Waals surface area (Å²) in [5.41, 5.74) is 5.78. The van der Waals surface area contributed by atoms with Crippen LogP contribution in [0, 0.1) is 15.5 Å². The van der Waals surface area contributed by atoms with Gasteiger partial charge < -0.3 is 0 Å². The normalized spacial score (nSPS) is 23.1. The molecule has 0 saturated heterocycles. The number of hydrogen-bond donors (Lipinski definition) is 2. The highest BCUT2D eigenvalue weighted by atomic mass is 16.6. The second-order valence-electron chi connectivity index (χ2n) is 10.6. The first-order chi connectivity index (χ1) is 17.6. The van der Waals surface area contributed by atoms with Crippen molar-refractivity contribution in [3.05, 3.63) is 87.7 Å². The van der Waals surface area contributed by atoms with E-state index in [1.807, 2.05) is 44.2 Å². The van der Waals surface area contributed by atoms with E-state index in [1.165, 1.54) is 12.1 Å². The van der Waals surface area contributed by atoms with Crippen molar-refractivity contribution in [3.63, 3.8) is 0 Å². The van der Waals surface area contributed by atoms with E-state index >= 15 is 0 Å². The number of hydrogen-bond acceptors (Lipinski definition) is 6. The number of aromatic nitrogens is 2. The Morgan fingerprint density at radius 1 is 0.892 bits per heavy atom. The van der Waals surface area contributed by atoms with Crippen LogP contribution in [0.15, 0.2) is 60.7 Å². The van der Waals surface area contributed by atoms with Gasteiger partial charge in [0.2, 0.25) is 0 Å². The van der Waals surface area contributed by atoms with Crippen LogP contribution in [-0.4, -0.2) is 26.7 Å². The van der Waals surface area contributed by atoms with Crippen molar-refractivity contribution in [1.29, 1.82) is 0 Å². The Morgan fingerprint density at radius 2 is 1.62 bits per heavy atom. The second kappa shape index (κ2) is 7.55. The molecular weight excluding hydrogens is 470 g/mol. The molecule has 6 rings (SSSR count). The topological polar surface area (TPSA) is 127 Å². The third kappa shape index (κ3) is 2.91. The minimum Gasteiger partial charge on any atom is -0.272 e. The third-order valence-electron chi connectivity index (χ3n) is 8.94. The maximum atomic E-state index is 14.0. The van der Waals surface area contributed by atoms with Crippen molar-refractivity contribution in [2.75, 3.05) is 0 Å². The van der Waals surface area contributed by atoms with Gasteiger partial charge in [-0.15, -0.1) is 0 Å². The van der Waals surface area contributed by atoms with E-state index < -0.39 is 27.1 Å². The largest absolute Gasteiger partial charge is 0.272 e. The van der Waals surface area contributed by atoms with Crippen LogP contribution in [0.5, 0.6) is 0 Å². The van der Waals surface area contributed by atoms with Crippen LogP contribution in [-0.2, 0) is 15.6 Å². The van der Waals surface area contributed by atoms with Crippen LogP contribution in [0.4, 0.5) is 5.69 Å². The summed E-state index contributed by atoms with van der Waals surface area (Å²) in [6.07, 6.45) is 1.25. The number of fused-ring (bicyclic) bond motifs is 7. The lowest BCUT2D eigenvalue weighted by atomic mass is 9.63. The van der Waals surface area contributed by atoms with Crippen LogP contribution < -0.4 is 10.9 Å². The number of carbonyl (C=O) groups is 2. The lowest BCUT2D eigenvalue weighted by Gasteiger charge is -2.39. The molecule has 0 aliphatic heterocycles. The van der Waals surface area contributed by atoms with Gasteiger partial charge in [0.25, 0.3) is 17.5 Å². The zero-order valence-electron chi connectivity index (χ0n) is 20.7. The highest BCUT2D eigenvalue weighted by Gasteiger charge is 2.73. The number of hydrazine groups is 1. The molecule has 2 bridgehead atoms. The summed E-state index contributed by atoms with van der Waals surface area (Å²) in [4.78, 5) is 47.6. The molecule has 2 amide bonds. The number of carbonyl (C=O) groups excluding carboxylic acids is 2. The Hall–Kier alpha value is -4.40. The number of nitro benzene ring substituents is 1. The van der Waals surface area contributed by atoms with Gasteiger partial charge in [0, 0.05) is 23.1 Å². The summed E-state index contributed by atoms with van der Waals surface area (Å²) in [5, 5.41) is 13.0. The molecular formula is C28H25N5O4. The molecule has 2 aliphatic carbocycles. The number of nitrogens with one attached hydrogen (secondary N) is 2. The lowest BCUT2D eigenvalue weighted by molar-refractivity contribution is -0.384. The zero-order valence-corrected chi connectivity index (χ0v) is 20.7. The van der Waals surface area contributed by atoms with Gasteiger partial charge >= 0.3 is 0 Å². The highest BCUT2D eigenvalue weighted by molar-refractivity contribution is 6.07. The molecule has 0 spiro atoms. The summed E-state index contributed by atoms with van der Waals surface area (Å²) >= 11 is 0. The summed E-state index contributed by atoms with van der Waals surface area (Å²) in [6.45, 7) is 6.15. The summed E-state index contributed by atoms with van der Waals surface area (Å²) in [7, 11) is 0. The molecule has 3 aromatic carbocycles. The van der Waals surface area contributed by atoms with Gasteiger partial charge in [-0.3, -0.25) is 30.6 Å². The van der Waals surface area contributed by atoms with Crippen LogP contribution in [0.25, 0.3) is 21.8 Å². The summed E-state index contributed by atoms with van der Waals surface area (Å²) in [6, 6.07) is 17.4. The van der Waals surface area contributed by atoms with E-state index in [9.17, 15) is 19.7 Å². The van der Waals surface area contributed by atoms with E-state index in [0.29, 0.717) is 28.7 Å². The molecule has 1 fully saturated rings. The third-order valence-corrected chi connectivity index (χ3v) is 8.94. The van der Waals surface area contributed by atoms with Crippen LogP contribution in [0.2, 0.25) is 0 Å². The van der Waals surface area contributed by atoms with Gasteiger partial charge in [-0.25, -0.2) is 9.97 Å². The predicted octanol–water partition coefficient (Wildman–Crippen LogP) is 4.48. The standard InChI is InChI=1S/C28H25N5O4/c1-26(2)27(3)13-14-28(26,23-22(27)29-20-12-11-17(33(36)37)15-21(20)30-23)25(35)32-31-24(34)19-10-6-8-16-7-4-5-9-18(16)19/h4-12,15H,13-14H2,1-3H3,(H,31,34)(H,32,35). The van der Waals surface area contributed by atoms with Crippen LogP contribution in [0.1, 0.15) is 55.4 Å². The summed E-state index contributed by atoms with van der Waals surface area (Å²) in [5.74, 6) is -0.786. The lowest BCUT2D eigenvalue weighted by Crippen LogP contribution is -2.55. The van der Waals surface area contributed by atoms with E-state index in [-0.39, 0.29) is 11.6 Å². The van der Waals surface area contributed by atoms with Crippen molar-refractivity contribution >= 4 is 39.3 Å². The van der Waals surface area contributed by atoms with Gasteiger partial charge in [-0.05, 0) is 41.2 Å². The first-order valence-electron chi connectivity index (χ1n) is 12.2. The predicted molar refractivity (Wildman–Crippen MR) is 138 cm³/mol. The Morgan fingerprint density at radius 3 is 2.41 bits per heavy atom. The molecule has 186 valence electrons. The van der Waals surface area contributed by atoms with Gasteiger partial charge in [0.1, 0.15) is 5.41 Å². The van der Waals surface area contributed by atoms with E-state index in [0.717, 1.165) is 22.9 Å². The Bertz CT molecular complexity index is 1660. The molecule has 0 radical (unpaired) electrons. The van der Waals surface area contributed by atoms with Crippen LogP contribution in [0.3, 0.4) is 0 Å². The molecule has 1 saturated carbocycles. The molecule has 2 N–H and O–H groups in total. The zero-order chi connectivity index (χ0) is 26.2. The minimum atomic E-state index is -1.06. The number of benzene rings is 3.